The van der Waals surface area contributed by atoms with Gasteiger partial charge in [0.15, 0.2) is 5.58 Å². The summed E-state index contributed by atoms with van der Waals surface area (Å²) in [6.45, 7) is 1.90. The summed E-state index contributed by atoms with van der Waals surface area (Å²) < 4.78 is 5.64. The van der Waals surface area contributed by atoms with Gasteiger partial charge in [0.25, 0.3) is 0 Å². The number of fused-ring (bicyclic) bond motifs is 1. The summed E-state index contributed by atoms with van der Waals surface area (Å²) in [4.78, 5) is 4.17. The number of aliphatic hydroxyl groups excluding tert-OH is 1. The molecule has 19 heavy (non-hydrogen) atoms. The number of nitrogens with zero attached hydrogens (tertiary/aromatic N) is 1. The van der Waals surface area contributed by atoms with Gasteiger partial charge in [-0.2, -0.15) is 0 Å². The van der Waals surface area contributed by atoms with Crippen LogP contribution in [0.25, 0.3) is 11.0 Å². The molecular weight excluding hydrogens is 262 g/mol. The van der Waals surface area contributed by atoms with Crippen LogP contribution in [0.4, 0.5) is 0 Å². The molecule has 0 saturated carbocycles. The summed E-state index contributed by atoms with van der Waals surface area (Å²) in [6.07, 6.45) is 0.811. The minimum atomic E-state index is -0.837. The van der Waals surface area contributed by atoms with E-state index in [-0.39, 0.29) is 0 Å². The van der Waals surface area contributed by atoms with Crippen molar-refractivity contribution in [3.63, 3.8) is 0 Å². The zero-order chi connectivity index (χ0) is 13.4. The van der Waals surface area contributed by atoms with E-state index in [4.69, 9.17) is 16.0 Å². The van der Waals surface area contributed by atoms with E-state index in [9.17, 15) is 5.11 Å². The van der Waals surface area contributed by atoms with Gasteiger partial charge in [-0.15, -0.1) is 0 Å². The van der Waals surface area contributed by atoms with E-state index in [2.05, 4.69) is 4.98 Å². The number of halogens is 1. The predicted molar refractivity (Wildman–Crippen MR) is 74.3 cm³/mol. The quantitative estimate of drug-likeness (QED) is 0.771. The molecule has 1 unspecified atom stereocenters. The molecule has 0 aliphatic heterocycles. The highest BCUT2D eigenvalue weighted by molar-refractivity contribution is 6.34. The van der Waals surface area contributed by atoms with Crippen molar-refractivity contribution in [3.8, 4) is 0 Å². The van der Waals surface area contributed by atoms with Gasteiger partial charge in [0.1, 0.15) is 11.9 Å². The first kappa shape index (κ1) is 12.2. The lowest BCUT2D eigenvalue weighted by atomic mass is 10.1. The lowest BCUT2D eigenvalue weighted by Gasteiger charge is -2.07. The van der Waals surface area contributed by atoms with Gasteiger partial charge >= 0.3 is 0 Å². The lowest BCUT2D eigenvalue weighted by molar-refractivity contribution is 0.192. The Balaban J connectivity index is 2.04. The second-order valence-electron chi connectivity index (χ2n) is 4.44. The van der Waals surface area contributed by atoms with Crippen molar-refractivity contribution >= 4 is 22.6 Å². The van der Waals surface area contributed by atoms with E-state index in [0.717, 1.165) is 11.1 Å². The zero-order valence-electron chi connectivity index (χ0n) is 10.3. The largest absolute Gasteiger partial charge is 0.456 e. The molecule has 0 saturated heterocycles. The van der Waals surface area contributed by atoms with Gasteiger partial charge in [-0.1, -0.05) is 29.8 Å². The number of hydrogen-bond acceptors (Lipinski definition) is 3. The van der Waals surface area contributed by atoms with Crippen LogP contribution < -0.4 is 0 Å². The Bertz CT molecular complexity index is 719. The van der Waals surface area contributed by atoms with Crippen LogP contribution in [-0.4, -0.2) is 10.1 Å². The number of aliphatic hydroxyl groups is 1. The standard InChI is InChI=1S/C15H12ClNO2/c1-9-5-6-11(8-17-9)14(18)13-7-10-3-2-4-12(16)15(10)19-13/h2-8,14,18H,1H3. The number of benzene rings is 1. The Morgan fingerprint density at radius 2 is 2.11 bits per heavy atom. The average Bonchev–Trinajstić information content (AvgIpc) is 2.84. The van der Waals surface area contributed by atoms with E-state index < -0.39 is 6.10 Å². The first-order valence-electron chi connectivity index (χ1n) is 5.94. The van der Waals surface area contributed by atoms with Gasteiger partial charge in [-0.3, -0.25) is 4.98 Å². The number of hydrogen-bond donors (Lipinski definition) is 1. The van der Waals surface area contributed by atoms with Gasteiger partial charge in [0.2, 0.25) is 0 Å². The third-order valence-corrected chi connectivity index (χ3v) is 3.33. The van der Waals surface area contributed by atoms with Crippen LogP contribution in [0.1, 0.15) is 23.1 Å². The van der Waals surface area contributed by atoms with Crippen LogP contribution in [0.5, 0.6) is 0 Å². The van der Waals surface area contributed by atoms with Crippen LogP contribution >= 0.6 is 11.6 Å². The van der Waals surface area contributed by atoms with E-state index >= 15 is 0 Å². The highest BCUT2D eigenvalue weighted by atomic mass is 35.5. The van der Waals surface area contributed by atoms with Crippen molar-refractivity contribution in [2.24, 2.45) is 0 Å². The first-order valence-corrected chi connectivity index (χ1v) is 6.31. The number of aromatic nitrogens is 1. The molecule has 1 N–H and O–H groups in total. The summed E-state index contributed by atoms with van der Waals surface area (Å²) in [5.41, 5.74) is 2.20. The molecule has 2 heterocycles. The molecule has 3 nitrogen and oxygen atoms in total. The molecule has 0 spiro atoms. The summed E-state index contributed by atoms with van der Waals surface area (Å²) in [7, 11) is 0. The molecule has 0 radical (unpaired) electrons. The molecule has 0 aliphatic rings. The molecule has 4 heteroatoms. The third kappa shape index (κ3) is 2.23. The first-order chi connectivity index (χ1) is 9.15. The van der Waals surface area contributed by atoms with Crippen molar-refractivity contribution in [1.29, 1.82) is 0 Å². The lowest BCUT2D eigenvalue weighted by Crippen LogP contribution is -1.98. The molecule has 3 rings (SSSR count). The fourth-order valence-electron chi connectivity index (χ4n) is 1.99. The number of furan rings is 1. The minimum Gasteiger partial charge on any atom is -0.456 e. The summed E-state index contributed by atoms with van der Waals surface area (Å²) in [6, 6.07) is 11.0. The molecule has 0 fully saturated rings. The van der Waals surface area contributed by atoms with Crippen LogP contribution in [0.15, 0.2) is 47.0 Å². The molecule has 1 atom stereocenters. The Kier molecular flexibility index (Phi) is 3.01. The molecule has 3 aromatic rings. The fourth-order valence-corrected chi connectivity index (χ4v) is 2.21. The SMILES string of the molecule is Cc1ccc(C(O)c2cc3cccc(Cl)c3o2)cn1. The van der Waals surface area contributed by atoms with Gasteiger partial charge in [-0.05, 0) is 25.1 Å². The molecule has 1 aromatic carbocycles. The monoisotopic (exact) mass is 273 g/mol. The van der Waals surface area contributed by atoms with Crippen LogP contribution in [0.3, 0.4) is 0 Å². The maximum atomic E-state index is 10.3. The zero-order valence-corrected chi connectivity index (χ0v) is 11.1. The summed E-state index contributed by atoms with van der Waals surface area (Å²) in [5.74, 6) is 0.466. The van der Waals surface area contributed by atoms with E-state index in [1.165, 1.54) is 0 Å². The highest BCUT2D eigenvalue weighted by Gasteiger charge is 2.16. The third-order valence-electron chi connectivity index (χ3n) is 3.03. The molecular formula is C15H12ClNO2. The fraction of sp³-hybridized carbons (Fsp3) is 0.133. The van der Waals surface area contributed by atoms with Crippen LogP contribution in [0, 0.1) is 6.92 Å². The maximum absolute atomic E-state index is 10.3. The second-order valence-corrected chi connectivity index (χ2v) is 4.85. The Hall–Kier alpha value is -1.84. The maximum Gasteiger partial charge on any atom is 0.153 e. The van der Waals surface area contributed by atoms with Crippen molar-refractivity contribution in [1.82, 2.24) is 4.98 Å². The van der Waals surface area contributed by atoms with Gasteiger partial charge in [0.05, 0.1) is 5.02 Å². The smallest absolute Gasteiger partial charge is 0.153 e. The van der Waals surface area contributed by atoms with Crippen LogP contribution in [-0.2, 0) is 0 Å². The molecule has 2 aromatic heterocycles. The number of pyridine rings is 1. The van der Waals surface area contributed by atoms with E-state index in [1.54, 1.807) is 18.3 Å². The molecule has 96 valence electrons. The predicted octanol–water partition coefficient (Wildman–Crippen LogP) is 3.87. The number of aryl methyl sites for hydroxylation is 1. The van der Waals surface area contributed by atoms with Crippen molar-refractivity contribution in [2.75, 3.05) is 0 Å². The molecule has 0 aliphatic carbocycles. The average molecular weight is 274 g/mol. The van der Waals surface area contributed by atoms with E-state index in [1.807, 2.05) is 31.2 Å². The van der Waals surface area contributed by atoms with Crippen LogP contribution in [0.2, 0.25) is 5.02 Å². The van der Waals surface area contributed by atoms with Crippen molar-refractivity contribution in [3.05, 3.63) is 64.6 Å². The Morgan fingerprint density at radius 1 is 1.26 bits per heavy atom. The summed E-state index contributed by atoms with van der Waals surface area (Å²) in [5, 5.41) is 11.7. The second kappa shape index (κ2) is 4.68. The van der Waals surface area contributed by atoms with Gasteiger partial charge in [-0.25, -0.2) is 0 Å². The topological polar surface area (TPSA) is 46.3 Å². The Labute approximate surface area is 115 Å². The van der Waals surface area contributed by atoms with Gasteiger partial charge in [0, 0.05) is 22.8 Å². The summed E-state index contributed by atoms with van der Waals surface area (Å²) >= 11 is 6.05. The molecule has 0 amide bonds. The van der Waals surface area contributed by atoms with Gasteiger partial charge < -0.3 is 9.52 Å². The Morgan fingerprint density at radius 3 is 2.79 bits per heavy atom. The highest BCUT2D eigenvalue weighted by Crippen LogP contribution is 2.31. The number of rotatable bonds is 2. The molecule has 0 bridgehead atoms. The van der Waals surface area contributed by atoms with Crippen molar-refractivity contribution in [2.45, 2.75) is 13.0 Å². The number of para-hydroxylation sites is 1. The van der Waals surface area contributed by atoms with E-state index in [0.29, 0.717) is 21.9 Å². The van der Waals surface area contributed by atoms with Crippen molar-refractivity contribution < 1.29 is 9.52 Å². The normalized spacial score (nSPS) is 12.8. The minimum absolute atomic E-state index is 0.466.